The van der Waals surface area contributed by atoms with Gasteiger partial charge in [-0.2, -0.15) is 5.26 Å². The Balaban J connectivity index is 2.81. The zero-order valence-electron chi connectivity index (χ0n) is 8.79. The Bertz CT molecular complexity index is 267. The third kappa shape index (κ3) is 1.89. The molecule has 0 heterocycles. The van der Waals surface area contributed by atoms with Crippen molar-refractivity contribution in [1.29, 1.82) is 5.26 Å². The van der Waals surface area contributed by atoms with Gasteiger partial charge in [0.1, 0.15) is 0 Å². The van der Waals surface area contributed by atoms with Crippen LogP contribution in [0.3, 0.4) is 0 Å². The van der Waals surface area contributed by atoms with Gasteiger partial charge < -0.3 is 5.11 Å². The molecule has 0 aromatic carbocycles. The van der Waals surface area contributed by atoms with Crippen molar-refractivity contribution < 1.29 is 9.90 Å². The first-order chi connectivity index (χ1) is 6.52. The summed E-state index contributed by atoms with van der Waals surface area (Å²) in [6.07, 6.45) is 2.97. The molecule has 0 radical (unpaired) electrons. The second-order valence-corrected chi connectivity index (χ2v) is 4.60. The molecule has 1 aliphatic carbocycles. The molecule has 1 saturated carbocycles. The summed E-state index contributed by atoms with van der Waals surface area (Å²) in [4.78, 5) is 11.1. The van der Waals surface area contributed by atoms with Gasteiger partial charge in [0.25, 0.3) is 0 Å². The Morgan fingerprint density at radius 3 is 2.71 bits per heavy atom. The zero-order valence-corrected chi connectivity index (χ0v) is 8.79. The molecule has 3 nitrogen and oxygen atoms in total. The number of carbonyl (C=O) groups is 1. The molecular weight excluding hydrogens is 178 g/mol. The van der Waals surface area contributed by atoms with Crippen molar-refractivity contribution in [3.63, 3.8) is 0 Å². The van der Waals surface area contributed by atoms with E-state index < -0.39 is 11.4 Å². The smallest absolute Gasteiger partial charge is 0.324 e. The monoisotopic (exact) mass is 195 g/mol. The van der Waals surface area contributed by atoms with Crippen molar-refractivity contribution in [3.8, 4) is 6.07 Å². The largest absolute Gasteiger partial charge is 0.480 e. The van der Waals surface area contributed by atoms with Gasteiger partial charge in [0.15, 0.2) is 5.41 Å². The van der Waals surface area contributed by atoms with Crippen LogP contribution in [0.25, 0.3) is 0 Å². The lowest BCUT2D eigenvalue weighted by atomic mass is 9.67. The van der Waals surface area contributed by atoms with Gasteiger partial charge in [-0.1, -0.05) is 26.7 Å². The first-order valence-electron chi connectivity index (χ1n) is 5.16. The standard InChI is InChI=1S/C11H17NO2/c1-8(2)9-4-3-5-11(6-9,7-12)10(13)14/h8-9H,3-6H2,1-2H3,(H,13,14). The van der Waals surface area contributed by atoms with Gasteiger partial charge in [-0.15, -0.1) is 0 Å². The summed E-state index contributed by atoms with van der Waals surface area (Å²) in [6.45, 7) is 4.19. The molecule has 0 bridgehead atoms. The third-order valence-corrected chi connectivity index (χ3v) is 3.36. The Labute approximate surface area is 84.7 Å². The van der Waals surface area contributed by atoms with Gasteiger partial charge in [0, 0.05) is 0 Å². The van der Waals surface area contributed by atoms with E-state index in [9.17, 15) is 4.79 Å². The van der Waals surface area contributed by atoms with E-state index in [1.54, 1.807) is 0 Å². The maximum absolute atomic E-state index is 11.1. The molecule has 3 heteroatoms. The molecule has 1 aliphatic rings. The fraction of sp³-hybridized carbons (Fsp3) is 0.818. The minimum atomic E-state index is -1.10. The summed E-state index contributed by atoms with van der Waals surface area (Å²) >= 11 is 0. The van der Waals surface area contributed by atoms with E-state index in [-0.39, 0.29) is 0 Å². The molecule has 78 valence electrons. The Hall–Kier alpha value is -1.04. The molecule has 0 saturated heterocycles. The highest BCUT2D eigenvalue weighted by Crippen LogP contribution is 2.41. The molecule has 0 spiro atoms. The quantitative estimate of drug-likeness (QED) is 0.736. The van der Waals surface area contributed by atoms with Gasteiger partial charge in [-0.3, -0.25) is 4.79 Å². The Morgan fingerprint density at radius 1 is 1.64 bits per heavy atom. The van der Waals surface area contributed by atoms with Crippen LogP contribution in [0.5, 0.6) is 0 Å². The van der Waals surface area contributed by atoms with Crippen molar-refractivity contribution in [2.75, 3.05) is 0 Å². The highest BCUT2D eigenvalue weighted by molar-refractivity contribution is 5.78. The molecule has 1 fully saturated rings. The van der Waals surface area contributed by atoms with Gasteiger partial charge in [0.2, 0.25) is 0 Å². The minimum absolute atomic E-state index is 0.388. The van der Waals surface area contributed by atoms with Crippen molar-refractivity contribution in [2.45, 2.75) is 39.5 Å². The molecule has 0 aromatic rings. The highest BCUT2D eigenvalue weighted by Gasteiger charge is 2.43. The average molecular weight is 195 g/mol. The molecule has 0 amide bonds. The van der Waals surface area contributed by atoms with E-state index in [0.29, 0.717) is 24.7 Å². The topological polar surface area (TPSA) is 61.1 Å². The van der Waals surface area contributed by atoms with Gasteiger partial charge in [-0.05, 0) is 24.7 Å². The van der Waals surface area contributed by atoms with Crippen LogP contribution in [0.4, 0.5) is 0 Å². The number of hydrogen-bond acceptors (Lipinski definition) is 2. The first kappa shape index (κ1) is 11.0. The number of carboxylic acid groups (broad SMARTS) is 1. The molecule has 0 aliphatic heterocycles. The lowest BCUT2D eigenvalue weighted by Crippen LogP contribution is -2.36. The van der Waals surface area contributed by atoms with E-state index in [0.717, 1.165) is 12.8 Å². The SMILES string of the molecule is CC(C)C1CCCC(C#N)(C(=O)O)C1. The molecular formula is C11H17NO2. The number of hydrogen-bond donors (Lipinski definition) is 1. The second kappa shape index (κ2) is 4.00. The predicted octanol–water partition coefficient (Wildman–Crippen LogP) is 2.43. The van der Waals surface area contributed by atoms with E-state index in [1.807, 2.05) is 6.07 Å². The lowest BCUT2D eigenvalue weighted by Gasteiger charge is -2.34. The molecule has 14 heavy (non-hydrogen) atoms. The maximum atomic E-state index is 11.1. The maximum Gasteiger partial charge on any atom is 0.324 e. The van der Waals surface area contributed by atoms with Crippen molar-refractivity contribution in [3.05, 3.63) is 0 Å². The van der Waals surface area contributed by atoms with Crippen molar-refractivity contribution >= 4 is 5.97 Å². The van der Waals surface area contributed by atoms with Crippen LogP contribution in [-0.4, -0.2) is 11.1 Å². The molecule has 1 N–H and O–H groups in total. The van der Waals surface area contributed by atoms with E-state index >= 15 is 0 Å². The van der Waals surface area contributed by atoms with Crippen LogP contribution in [-0.2, 0) is 4.79 Å². The average Bonchev–Trinajstić information content (AvgIpc) is 2.17. The van der Waals surface area contributed by atoms with E-state index in [2.05, 4.69) is 13.8 Å². The number of rotatable bonds is 2. The third-order valence-electron chi connectivity index (χ3n) is 3.36. The first-order valence-corrected chi connectivity index (χ1v) is 5.16. The van der Waals surface area contributed by atoms with Crippen LogP contribution >= 0.6 is 0 Å². The van der Waals surface area contributed by atoms with Crippen molar-refractivity contribution in [1.82, 2.24) is 0 Å². The van der Waals surface area contributed by atoms with Crippen LogP contribution in [0.1, 0.15) is 39.5 Å². The minimum Gasteiger partial charge on any atom is -0.480 e. The van der Waals surface area contributed by atoms with E-state index in [4.69, 9.17) is 10.4 Å². The van der Waals surface area contributed by atoms with Crippen molar-refractivity contribution in [2.24, 2.45) is 17.3 Å². The van der Waals surface area contributed by atoms with Crippen LogP contribution < -0.4 is 0 Å². The fourth-order valence-electron chi connectivity index (χ4n) is 2.23. The Morgan fingerprint density at radius 2 is 2.29 bits per heavy atom. The number of nitrogens with zero attached hydrogens (tertiary/aromatic N) is 1. The summed E-state index contributed by atoms with van der Waals surface area (Å²) in [6, 6.07) is 2.00. The lowest BCUT2D eigenvalue weighted by molar-refractivity contribution is -0.148. The van der Waals surface area contributed by atoms with E-state index in [1.165, 1.54) is 0 Å². The highest BCUT2D eigenvalue weighted by atomic mass is 16.4. The van der Waals surface area contributed by atoms with Crippen LogP contribution in [0, 0.1) is 28.6 Å². The summed E-state index contributed by atoms with van der Waals surface area (Å²) in [7, 11) is 0. The molecule has 2 atom stereocenters. The second-order valence-electron chi connectivity index (χ2n) is 4.60. The molecule has 1 rings (SSSR count). The normalized spacial score (nSPS) is 32.6. The van der Waals surface area contributed by atoms with Crippen LogP contribution in [0.15, 0.2) is 0 Å². The predicted molar refractivity (Wildman–Crippen MR) is 52.5 cm³/mol. The number of carboxylic acids is 1. The molecule has 2 unspecified atom stereocenters. The molecule has 0 aromatic heterocycles. The van der Waals surface area contributed by atoms with Gasteiger partial charge in [0.05, 0.1) is 6.07 Å². The van der Waals surface area contributed by atoms with Gasteiger partial charge in [-0.25, -0.2) is 0 Å². The zero-order chi connectivity index (χ0) is 10.8. The number of nitriles is 1. The van der Waals surface area contributed by atoms with Gasteiger partial charge >= 0.3 is 5.97 Å². The fourth-order valence-corrected chi connectivity index (χ4v) is 2.23. The van der Waals surface area contributed by atoms with Crippen LogP contribution in [0.2, 0.25) is 0 Å². The summed E-state index contributed by atoms with van der Waals surface area (Å²) in [5, 5.41) is 18.0. The number of aliphatic carboxylic acids is 1. The summed E-state index contributed by atoms with van der Waals surface area (Å²) < 4.78 is 0. The Kier molecular flexibility index (Phi) is 3.15. The summed E-state index contributed by atoms with van der Waals surface area (Å²) in [5.74, 6) is -0.0766. The summed E-state index contributed by atoms with van der Waals surface area (Å²) in [5.41, 5.74) is -1.10.